The van der Waals surface area contributed by atoms with Crippen LogP contribution in [0.5, 0.6) is 0 Å². The lowest BCUT2D eigenvalue weighted by Crippen LogP contribution is -2.18. The molecule has 0 aliphatic rings. The highest BCUT2D eigenvalue weighted by Crippen LogP contribution is 2.31. The molecular formula is C22H15F3N8O4S. The summed E-state index contributed by atoms with van der Waals surface area (Å²) < 4.78 is 69.9. The average Bonchev–Trinajstić information content (AvgIpc) is 3.48. The molecule has 38 heavy (non-hydrogen) atoms. The summed E-state index contributed by atoms with van der Waals surface area (Å²) in [7, 11) is -4.05. The van der Waals surface area contributed by atoms with Crippen LogP contribution in [-0.2, 0) is 16.2 Å². The molecular weight excluding hydrogens is 529 g/mol. The van der Waals surface area contributed by atoms with Gasteiger partial charge in [-0.2, -0.15) is 18.3 Å². The van der Waals surface area contributed by atoms with Gasteiger partial charge in [-0.05, 0) is 24.3 Å². The van der Waals surface area contributed by atoms with Crippen molar-refractivity contribution in [3.05, 3.63) is 72.3 Å². The number of carbonyl (C=O) groups is 1. The number of fused-ring (bicyclic) bond motifs is 1. The zero-order valence-electron chi connectivity index (χ0n) is 18.8. The van der Waals surface area contributed by atoms with Gasteiger partial charge >= 0.3 is 6.18 Å². The van der Waals surface area contributed by atoms with Gasteiger partial charge in [0.25, 0.3) is 5.91 Å². The van der Waals surface area contributed by atoms with Gasteiger partial charge in [0.05, 0.1) is 16.0 Å². The van der Waals surface area contributed by atoms with Gasteiger partial charge in [-0.1, -0.05) is 23.4 Å². The first kappa shape index (κ1) is 24.8. The number of hydrogen-bond donors (Lipinski definition) is 3. The van der Waals surface area contributed by atoms with E-state index in [2.05, 4.69) is 25.5 Å². The van der Waals surface area contributed by atoms with Crippen molar-refractivity contribution in [2.75, 3.05) is 11.1 Å². The summed E-state index contributed by atoms with van der Waals surface area (Å²) in [6.45, 7) is 0. The minimum atomic E-state index is -4.84. The lowest BCUT2D eigenvalue weighted by molar-refractivity contribution is -0.141. The second-order valence-corrected chi connectivity index (χ2v) is 9.39. The van der Waals surface area contributed by atoms with E-state index in [1.807, 2.05) is 0 Å². The fourth-order valence-electron chi connectivity index (χ4n) is 3.61. The number of nitrogens with zero attached hydrogens (tertiary/aromatic N) is 5. The smallest absolute Gasteiger partial charge is 0.380 e. The van der Waals surface area contributed by atoms with Gasteiger partial charge in [-0.3, -0.25) is 10.1 Å². The van der Waals surface area contributed by atoms with E-state index < -0.39 is 33.5 Å². The second-order valence-electron chi connectivity index (χ2n) is 7.86. The standard InChI is InChI=1S/C22H15F3N8O4S/c23-22(24,25)18-8-15(33(31-18)12-5-6-16-14(7-12)19(26)32-37-16)20(34)30-21-28-9-11(10-29-21)13-3-1-2-4-17(13)38(27,35)36/h1-10H,(H2,26,32)(H2,27,35,36)(H,28,29,30,34). The number of sulfonamides is 1. The van der Waals surface area contributed by atoms with Crippen molar-refractivity contribution in [3.8, 4) is 16.8 Å². The lowest BCUT2D eigenvalue weighted by Gasteiger charge is -2.09. The maximum absolute atomic E-state index is 13.4. The number of primary sulfonamides is 1. The van der Waals surface area contributed by atoms with E-state index in [1.165, 1.54) is 48.8 Å². The molecule has 194 valence electrons. The maximum atomic E-state index is 13.4. The Hall–Kier alpha value is -4.83. The molecule has 1 amide bonds. The average molecular weight is 544 g/mol. The van der Waals surface area contributed by atoms with Crippen LogP contribution in [0.15, 0.2) is 70.3 Å². The number of nitrogens with two attached hydrogens (primary N) is 2. The van der Waals surface area contributed by atoms with Gasteiger partial charge in [-0.15, -0.1) is 0 Å². The number of anilines is 2. The number of amides is 1. The van der Waals surface area contributed by atoms with Crippen molar-refractivity contribution in [2.45, 2.75) is 11.1 Å². The highest BCUT2D eigenvalue weighted by molar-refractivity contribution is 7.89. The molecule has 5 N–H and O–H groups in total. The molecule has 0 radical (unpaired) electrons. The van der Waals surface area contributed by atoms with Crippen molar-refractivity contribution in [2.24, 2.45) is 5.14 Å². The van der Waals surface area contributed by atoms with Crippen LogP contribution >= 0.6 is 0 Å². The van der Waals surface area contributed by atoms with Crippen LogP contribution < -0.4 is 16.2 Å². The van der Waals surface area contributed by atoms with Crippen molar-refractivity contribution in [1.29, 1.82) is 0 Å². The number of halogens is 3. The third-order valence-corrected chi connectivity index (χ3v) is 6.31. The number of hydrogen-bond acceptors (Lipinski definition) is 9. The molecule has 0 atom stereocenters. The number of benzene rings is 2. The summed E-state index contributed by atoms with van der Waals surface area (Å²) in [5.74, 6) is -1.25. The molecule has 5 aromatic rings. The number of aromatic nitrogens is 5. The van der Waals surface area contributed by atoms with Crippen molar-refractivity contribution in [3.63, 3.8) is 0 Å². The highest BCUT2D eigenvalue weighted by atomic mass is 32.2. The summed E-state index contributed by atoms with van der Waals surface area (Å²) in [5.41, 5.74) is 4.83. The number of nitrogens with one attached hydrogen (secondary N) is 1. The van der Waals surface area contributed by atoms with E-state index in [9.17, 15) is 26.4 Å². The molecule has 2 aromatic carbocycles. The van der Waals surface area contributed by atoms with Crippen LogP contribution in [-0.4, -0.2) is 39.2 Å². The molecule has 16 heteroatoms. The van der Waals surface area contributed by atoms with Crippen LogP contribution in [0.4, 0.5) is 24.9 Å². The van der Waals surface area contributed by atoms with E-state index in [0.29, 0.717) is 11.5 Å². The second kappa shape index (κ2) is 8.93. The fraction of sp³-hybridized carbons (Fsp3) is 0.0455. The fourth-order valence-corrected chi connectivity index (χ4v) is 4.37. The molecule has 3 aromatic heterocycles. The molecule has 0 aliphatic heterocycles. The molecule has 0 aliphatic carbocycles. The van der Waals surface area contributed by atoms with Gasteiger partial charge in [0.15, 0.2) is 17.1 Å². The first-order valence-electron chi connectivity index (χ1n) is 10.5. The van der Waals surface area contributed by atoms with E-state index in [-0.39, 0.29) is 39.1 Å². The topological polar surface area (TPSA) is 185 Å². The number of rotatable bonds is 5. The molecule has 12 nitrogen and oxygen atoms in total. The normalized spacial score (nSPS) is 12.1. The SMILES string of the molecule is Nc1noc2ccc(-n3nc(C(F)(F)F)cc3C(=O)Nc3ncc(-c4ccccc4S(N)(=O)=O)cn3)cc12. The Morgan fingerprint density at radius 1 is 1.05 bits per heavy atom. The number of nitrogen functional groups attached to an aromatic ring is 1. The molecule has 5 rings (SSSR count). The van der Waals surface area contributed by atoms with Gasteiger partial charge in [-0.25, -0.2) is 28.2 Å². The number of carbonyl (C=O) groups excluding carboxylic acids is 1. The molecule has 0 unspecified atom stereocenters. The molecule has 0 spiro atoms. The number of alkyl halides is 3. The van der Waals surface area contributed by atoms with Gasteiger partial charge < -0.3 is 10.3 Å². The first-order chi connectivity index (χ1) is 17.9. The van der Waals surface area contributed by atoms with Crippen molar-refractivity contribution in [1.82, 2.24) is 24.9 Å². The van der Waals surface area contributed by atoms with E-state index in [4.69, 9.17) is 15.4 Å². The largest absolute Gasteiger partial charge is 0.435 e. The molecule has 0 bridgehead atoms. The van der Waals surface area contributed by atoms with Crippen molar-refractivity contribution >= 4 is 38.7 Å². The summed E-state index contributed by atoms with van der Waals surface area (Å²) >= 11 is 0. The quantitative estimate of drug-likeness (QED) is 0.299. The highest BCUT2D eigenvalue weighted by Gasteiger charge is 2.36. The van der Waals surface area contributed by atoms with Crippen LogP contribution in [0.2, 0.25) is 0 Å². The predicted molar refractivity (Wildman–Crippen MR) is 127 cm³/mol. The van der Waals surface area contributed by atoms with Gasteiger partial charge in [0.2, 0.25) is 16.0 Å². The van der Waals surface area contributed by atoms with Crippen LogP contribution in [0.25, 0.3) is 27.8 Å². The van der Waals surface area contributed by atoms with Gasteiger partial charge in [0.1, 0.15) is 5.69 Å². The van der Waals surface area contributed by atoms with Crippen LogP contribution in [0, 0.1) is 0 Å². The van der Waals surface area contributed by atoms with Crippen LogP contribution in [0.3, 0.4) is 0 Å². The third-order valence-electron chi connectivity index (χ3n) is 5.34. The minimum Gasteiger partial charge on any atom is -0.380 e. The zero-order valence-corrected chi connectivity index (χ0v) is 19.7. The van der Waals surface area contributed by atoms with Gasteiger partial charge in [0, 0.05) is 29.6 Å². The first-order valence-corrected chi connectivity index (χ1v) is 12.0. The summed E-state index contributed by atoms with van der Waals surface area (Å²) in [5, 5.41) is 15.0. The summed E-state index contributed by atoms with van der Waals surface area (Å²) in [6, 6.07) is 10.6. The predicted octanol–water partition coefficient (Wildman–Crippen LogP) is 2.97. The Labute approximate surface area is 211 Å². The van der Waals surface area contributed by atoms with Crippen molar-refractivity contribution < 1.29 is 30.9 Å². The molecule has 3 heterocycles. The summed E-state index contributed by atoms with van der Waals surface area (Å²) in [6.07, 6.45) is -2.38. The maximum Gasteiger partial charge on any atom is 0.435 e. The Morgan fingerprint density at radius 3 is 2.45 bits per heavy atom. The molecule has 0 saturated heterocycles. The Balaban J connectivity index is 1.48. The molecule has 0 saturated carbocycles. The monoisotopic (exact) mass is 544 g/mol. The van der Waals surface area contributed by atoms with E-state index >= 15 is 0 Å². The molecule has 0 fully saturated rings. The summed E-state index contributed by atoms with van der Waals surface area (Å²) in [4.78, 5) is 20.8. The van der Waals surface area contributed by atoms with E-state index in [0.717, 1.165) is 4.68 Å². The van der Waals surface area contributed by atoms with E-state index in [1.54, 1.807) is 6.07 Å². The Bertz CT molecular complexity index is 1800. The lowest BCUT2D eigenvalue weighted by atomic mass is 10.1. The Morgan fingerprint density at radius 2 is 1.76 bits per heavy atom. The zero-order chi connectivity index (χ0) is 27.2. The Kier molecular flexibility index (Phi) is 5.84. The van der Waals surface area contributed by atoms with Crippen LogP contribution in [0.1, 0.15) is 16.2 Å². The third kappa shape index (κ3) is 4.64. The minimum absolute atomic E-state index is 0.00792.